The van der Waals surface area contributed by atoms with Crippen molar-refractivity contribution in [1.29, 1.82) is 0 Å². The lowest BCUT2D eigenvalue weighted by atomic mass is 10.2. The molecule has 0 fully saturated rings. The Morgan fingerprint density at radius 2 is 1.96 bits per heavy atom. The van der Waals surface area contributed by atoms with Gasteiger partial charge >= 0.3 is 6.18 Å². The molecule has 24 heavy (non-hydrogen) atoms. The number of aryl methyl sites for hydroxylation is 1. The molecule has 0 radical (unpaired) electrons. The zero-order chi connectivity index (χ0) is 17.9. The van der Waals surface area contributed by atoms with Gasteiger partial charge in [0, 0.05) is 22.8 Å². The molecule has 0 bridgehead atoms. The van der Waals surface area contributed by atoms with E-state index >= 15 is 0 Å². The molecule has 0 amide bonds. The number of hydrogen-bond acceptors (Lipinski definition) is 5. The maximum absolute atomic E-state index is 13.0. The van der Waals surface area contributed by atoms with Gasteiger partial charge in [-0.15, -0.1) is 0 Å². The highest BCUT2D eigenvalue weighted by Gasteiger charge is 2.34. The maximum atomic E-state index is 13.0. The molecule has 1 aromatic heterocycles. The summed E-state index contributed by atoms with van der Waals surface area (Å²) in [7, 11) is 0. The third-order valence-electron chi connectivity index (χ3n) is 3.11. The third-order valence-corrected chi connectivity index (χ3v) is 3.52. The summed E-state index contributed by atoms with van der Waals surface area (Å²) in [6, 6.07) is 5.33. The number of alkyl halides is 3. The van der Waals surface area contributed by atoms with Crippen molar-refractivity contribution in [3.8, 4) is 0 Å². The Morgan fingerprint density at radius 1 is 1.25 bits per heavy atom. The number of aliphatic hydroxyl groups is 1. The van der Waals surface area contributed by atoms with Crippen molar-refractivity contribution >= 4 is 29.1 Å². The van der Waals surface area contributed by atoms with E-state index in [0.29, 0.717) is 10.7 Å². The number of hydrogen-bond donors (Lipinski definition) is 3. The Hall–Kier alpha value is -2.06. The van der Waals surface area contributed by atoms with Crippen LogP contribution in [0.1, 0.15) is 18.2 Å². The molecule has 0 spiro atoms. The molecular formula is C15H16ClF3N4O. The van der Waals surface area contributed by atoms with Crippen LogP contribution in [-0.4, -0.2) is 27.7 Å². The normalized spacial score (nSPS) is 12.8. The van der Waals surface area contributed by atoms with E-state index in [0.717, 1.165) is 11.6 Å². The highest BCUT2D eigenvalue weighted by atomic mass is 35.5. The SMILES string of the molecule is Cc1ccc(Nc2cc(C(F)(F)F)nc(N[C@H](C)CO)n2)cc1Cl. The highest BCUT2D eigenvalue weighted by molar-refractivity contribution is 6.31. The lowest BCUT2D eigenvalue weighted by Crippen LogP contribution is -2.22. The first-order chi connectivity index (χ1) is 11.2. The Bertz CT molecular complexity index is 724. The second-order valence-corrected chi connectivity index (χ2v) is 5.68. The van der Waals surface area contributed by atoms with E-state index in [9.17, 15) is 13.2 Å². The molecule has 0 aliphatic rings. The maximum Gasteiger partial charge on any atom is 0.433 e. The van der Waals surface area contributed by atoms with Crippen LogP contribution in [0.25, 0.3) is 0 Å². The minimum absolute atomic E-state index is 0.0371. The van der Waals surface area contributed by atoms with E-state index in [2.05, 4.69) is 20.6 Å². The van der Waals surface area contributed by atoms with E-state index in [1.54, 1.807) is 25.1 Å². The van der Waals surface area contributed by atoms with Crippen molar-refractivity contribution in [2.24, 2.45) is 0 Å². The van der Waals surface area contributed by atoms with Crippen LogP contribution >= 0.6 is 11.6 Å². The van der Waals surface area contributed by atoms with E-state index in [1.165, 1.54) is 0 Å². The molecule has 130 valence electrons. The predicted molar refractivity (Wildman–Crippen MR) is 86.7 cm³/mol. The van der Waals surface area contributed by atoms with E-state index in [-0.39, 0.29) is 18.4 Å². The number of aromatic nitrogens is 2. The van der Waals surface area contributed by atoms with Gasteiger partial charge in [0.1, 0.15) is 5.82 Å². The van der Waals surface area contributed by atoms with Crippen molar-refractivity contribution in [3.05, 3.63) is 40.5 Å². The fourth-order valence-corrected chi connectivity index (χ4v) is 1.99. The van der Waals surface area contributed by atoms with E-state index in [4.69, 9.17) is 16.7 Å². The fraction of sp³-hybridized carbons (Fsp3) is 0.333. The Labute approximate surface area is 141 Å². The monoisotopic (exact) mass is 360 g/mol. The summed E-state index contributed by atoms with van der Waals surface area (Å²) in [6.07, 6.45) is -4.62. The van der Waals surface area contributed by atoms with E-state index in [1.807, 2.05) is 6.92 Å². The van der Waals surface area contributed by atoms with Gasteiger partial charge in [0.05, 0.1) is 6.61 Å². The van der Waals surface area contributed by atoms with Gasteiger partial charge < -0.3 is 15.7 Å². The molecule has 0 saturated carbocycles. The molecule has 2 aromatic rings. The van der Waals surface area contributed by atoms with Crippen LogP contribution in [0, 0.1) is 6.92 Å². The Kier molecular flexibility index (Phi) is 5.51. The predicted octanol–water partition coefficient (Wildman–Crippen LogP) is 3.99. The summed E-state index contributed by atoms with van der Waals surface area (Å²) in [4.78, 5) is 7.44. The molecule has 0 aliphatic heterocycles. The number of benzene rings is 1. The molecule has 0 aliphatic carbocycles. The molecule has 1 atom stereocenters. The first-order valence-corrected chi connectivity index (χ1v) is 7.43. The number of aliphatic hydroxyl groups excluding tert-OH is 1. The van der Waals surface area contributed by atoms with Crippen molar-refractivity contribution in [2.75, 3.05) is 17.2 Å². The Balaban J connectivity index is 2.36. The first-order valence-electron chi connectivity index (χ1n) is 7.06. The smallest absolute Gasteiger partial charge is 0.394 e. The van der Waals surface area contributed by atoms with Gasteiger partial charge in [0.15, 0.2) is 5.69 Å². The van der Waals surface area contributed by atoms with Crippen LogP contribution in [0.4, 0.5) is 30.6 Å². The van der Waals surface area contributed by atoms with Gasteiger partial charge in [-0.2, -0.15) is 18.2 Å². The molecular weight excluding hydrogens is 345 g/mol. The quantitative estimate of drug-likeness (QED) is 0.752. The Morgan fingerprint density at radius 3 is 2.54 bits per heavy atom. The summed E-state index contributed by atoms with van der Waals surface area (Å²) in [5, 5.41) is 14.9. The molecule has 1 heterocycles. The lowest BCUT2D eigenvalue weighted by Gasteiger charge is -2.15. The average Bonchev–Trinajstić information content (AvgIpc) is 2.49. The van der Waals surface area contributed by atoms with Crippen LogP contribution in [0.5, 0.6) is 0 Å². The fourth-order valence-electron chi connectivity index (χ4n) is 1.81. The zero-order valence-corrected chi connectivity index (χ0v) is 13.7. The lowest BCUT2D eigenvalue weighted by molar-refractivity contribution is -0.141. The van der Waals surface area contributed by atoms with Gasteiger partial charge in [0.2, 0.25) is 5.95 Å². The number of nitrogens with one attached hydrogen (secondary N) is 2. The van der Waals surface area contributed by atoms with Crippen LogP contribution in [0.2, 0.25) is 5.02 Å². The van der Waals surface area contributed by atoms with Gasteiger partial charge in [0.25, 0.3) is 0 Å². The standard InChI is InChI=1S/C15H16ClF3N4O/c1-8-3-4-10(5-11(8)16)21-13-6-12(15(17,18)19)22-14(23-13)20-9(2)7-24/h3-6,9,24H,7H2,1-2H3,(H2,20,21,22,23)/t9-/m1/s1. The van der Waals surface area contributed by atoms with Crippen LogP contribution < -0.4 is 10.6 Å². The van der Waals surface area contributed by atoms with Crippen LogP contribution in [0.15, 0.2) is 24.3 Å². The minimum Gasteiger partial charge on any atom is -0.394 e. The second-order valence-electron chi connectivity index (χ2n) is 5.28. The third kappa shape index (κ3) is 4.72. The molecule has 2 rings (SSSR count). The van der Waals surface area contributed by atoms with Crippen molar-refractivity contribution in [2.45, 2.75) is 26.1 Å². The molecule has 1 aromatic carbocycles. The van der Waals surface area contributed by atoms with E-state index < -0.39 is 17.9 Å². The van der Waals surface area contributed by atoms with Gasteiger partial charge in [-0.25, -0.2) is 4.98 Å². The van der Waals surface area contributed by atoms with Gasteiger partial charge in [-0.3, -0.25) is 0 Å². The number of nitrogens with zero attached hydrogens (tertiary/aromatic N) is 2. The molecule has 5 nitrogen and oxygen atoms in total. The zero-order valence-electron chi connectivity index (χ0n) is 12.9. The molecule has 0 unspecified atom stereocenters. The minimum atomic E-state index is -4.62. The second kappa shape index (κ2) is 7.23. The van der Waals surface area contributed by atoms with Gasteiger partial charge in [-0.05, 0) is 31.5 Å². The first kappa shape index (κ1) is 18.3. The average molecular weight is 361 g/mol. The van der Waals surface area contributed by atoms with Crippen LogP contribution in [0.3, 0.4) is 0 Å². The summed E-state index contributed by atoms with van der Waals surface area (Å²) in [5.41, 5.74) is 0.254. The largest absolute Gasteiger partial charge is 0.433 e. The topological polar surface area (TPSA) is 70.1 Å². The summed E-state index contributed by atoms with van der Waals surface area (Å²) < 4.78 is 39.0. The van der Waals surface area contributed by atoms with Crippen LogP contribution in [-0.2, 0) is 6.18 Å². The molecule has 3 N–H and O–H groups in total. The number of rotatable bonds is 5. The summed E-state index contributed by atoms with van der Waals surface area (Å²) >= 11 is 6.01. The molecule has 0 saturated heterocycles. The highest BCUT2D eigenvalue weighted by Crippen LogP contribution is 2.31. The summed E-state index contributed by atoms with van der Waals surface area (Å²) in [6.45, 7) is 3.14. The number of halogens is 4. The summed E-state index contributed by atoms with van der Waals surface area (Å²) in [5.74, 6) is -0.267. The molecule has 9 heteroatoms. The van der Waals surface area contributed by atoms with Gasteiger partial charge in [-0.1, -0.05) is 17.7 Å². The van der Waals surface area contributed by atoms with Crippen molar-refractivity contribution < 1.29 is 18.3 Å². The van der Waals surface area contributed by atoms with Crippen molar-refractivity contribution in [1.82, 2.24) is 9.97 Å². The number of anilines is 3. The van der Waals surface area contributed by atoms with Crippen molar-refractivity contribution in [3.63, 3.8) is 0 Å².